The van der Waals surface area contributed by atoms with E-state index in [1.165, 1.54) is 11.1 Å². The third-order valence-electron chi connectivity index (χ3n) is 5.29. The molecule has 142 valence electrons. The minimum absolute atomic E-state index is 0.0345. The Kier molecular flexibility index (Phi) is 6.57. The van der Waals surface area contributed by atoms with E-state index in [1.54, 1.807) is 0 Å². The fourth-order valence-electron chi connectivity index (χ4n) is 3.49. The van der Waals surface area contributed by atoms with E-state index in [9.17, 15) is 8.78 Å². The summed E-state index contributed by atoms with van der Waals surface area (Å²) in [5.41, 5.74) is 4.43. The summed E-state index contributed by atoms with van der Waals surface area (Å²) in [7, 11) is 0. The molecular formula is C24H26F2O. The second-order valence-corrected chi connectivity index (χ2v) is 7.17. The molecule has 2 aromatic rings. The Morgan fingerprint density at radius 3 is 2.30 bits per heavy atom. The van der Waals surface area contributed by atoms with Crippen molar-refractivity contribution in [2.75, 3.05) is 6.61 Å². The molecule has 1 aliphatic carbocycles. The van der Waals surface area contributed by atoms with Gasteiger partial charge in [-0.1, -0.05) is 79.7 Å². The highest BCUT2D eigenvalue weighted by atomic mass is 19.3. The number of halogens is 2. The Bertz CT molecular complexity index is 778. The first-order valence-corrected chi connectivity index (χ1v) is 9.53. The number of ether oxygens (including phenoxy) is 1. The number of hydrogen-bond donors (Lipinski definition) is 0. The van der Waals surface area contributed by atoms with Gasteiger partial charge in [-0.2, -0.15) is 8.78 Å². The second-order valence-electron chi connectivity index (χ2n) is 7.17. The lowest BCUT2D eigenvalue weighted by Gasteiger charge is -2.32. The zero-order valence-corrected chi connectivity index (χ0v) is 15.7. The van der Waals surface area contributed by atoms with Crippen molar-refractivity contribution in [1.82, 2.24) is 0 Å². The Morgan fingerprint density at radius 2 is 1.70 bits per heavy atom. The molecule has 0 radical (unpaired) electrons. The summed E-state index contributed by atoms with van der Waals surface area (Å²) in [5.74, 6) is 0. The van der Waals surface area contributed by atoms with Gasteiger partial charge >= 0.3 is 6.61 Å². The minimum atomic E-state index is -2.74. The van der Waals surface area contributed by atoms with Gasteiger partial charge in [-0.05, 0) is 47.9 Å². The standard InChI is InChI=1S/C24H26F2O/c1-2-19-8-10-20(11-9-19)12-15-24(18-27-23(25)26)16-13-22(14-17-24)21-6-4-3-5-7-21/h3-11,13-14,16,23H,2,12,15,17-18H2,1H3. The molecule has 1 unspecified atom stereocenters. The van der Waals surface area contributed by atoms with Gasteiger partial charge in [-0.3, -0.25) is 0 Å². The van der Waals surface area contributed by atoms with Crippen LogP contribution < -0.4 is 0 Å². The molecular weight excluding hydrogens is 342 g/mol. The van der Waals surface area contributed by atoms with Crippen LogP contribution >= 0.6 is 0 Å². The van der Waals surface area contributed by atoms with E-state index in [0.717, 1.165) is 30.4 Å². The molecule has 0 bridgehead atoms. The molecule has 0 saturated carbocycles. The van der Waals surface area contributed by atoms with Crippen LogP contribution in [0.4, 0.5) is 8.78 Å². The van der Waals surface area contributed by atoms with Crippen molar-refractivity contribution in [3.63, 3.8) is 0 Å². The molecule has 3 heteroatoms. The Morgan fingerprint density at radius 1 is 1.00 bits per heavy atom. The molecule has 1 aliphatic rings. The summed E-state index contributed by atoms with van der Waals surface area (Å²) >= 11 is 0. The maximum absolute atomic E-state index is 12.7. The van der Waals surface area contributed by atoms with Gasteiger partial charge in [-0.25, -0.2) is 0 Å². The van der Waals surface area contributed by atoms with Gasteiger partial charge in [0.1, 0.15) is 0 Å². The van der Waals surface area contributed by atoms with Gasteiger partial charge in [-0.15, -0.1) is 0 Å². The molecule has 0 spiro atoms. The number of rotatable bonds is 8. The quantitative estimate of drug-likeness (QED) is 0.520. The highest BCUT2D eigenvalue weighted by Gasteiger charge is 2.30. The Balaban J connectivity index is 1.71. The van der Waals surface area contributed by atoms with Crippen molar-refractivity contribution < 1.29 is 13.5 Å². The average molecular weight is 368 g/mol. The average Bonchev–Trinajstić information content (AvgIpc) is 2.72. The van der Waals surface area contributed by atoms with Gasteiger partial charge < -0.3 is 4.74 Å². The summed E-state index contributed by atoms with van der Waals surface area (Å²) in [6, 6.07) is 18.7. The van der Waals surface area contributed by atoms with Crippen LogP contribution in [0.2, 0.25) is 0 Å². The molecule has 0 heterocycles. The molecule has 0 aliphatic heterocycles. The Labute approximate surface area is 160 Å². The molecule has 1 atom stereocenters. The summed E-state index contributed by atoms with van der Waals surface area (Å²) < 4.78 is 30.1. The molecule has 0 N–H and O–H groups in total. The van der Waals surface area contributed by atoms with Crippen molar-refractivity contribution >= 4 is 5.57 Å². The van der Waals surface area contributed by atoms with Crippen LogP contribution in [0.5, 0.6) is 0 Å². The van der Waals surface area contributed by atoms with Gasteiger partial charge in [0.25, 0.3) is 0 Å². The van der Waals surface area contributed by atoms with E-state index in [4.69, 9.17) is 4.74 Å². The lowest BCUT2D eigenvalue weighted by atomic mass is 9.75. The summed E-state index contributed by atoms with van der Waals surface area (Å²) in [5, 5.41) is 0. The third-order valence-corrected chi connectivity index (χ3v) is 5.29. The van der Waals surface area contributed by atoms with Gasteiger partial charge in [0.15, 0.2) is 0 Å². The SMILES string of the molecule is CCc1ccc(CCC2(COC(F)F)C=CC(c3ccccc3)=CC2)cc1. The second kappa shape index (κ2) is 9.09. The van der Waals surface area contributed by atoms with E-state index in [0.29, 0.717) is 6.42 Å². The van der Waals surface area contributed by atoms with Crippen LogP contribution in [0.15, 0.2) is 72.8 Å². The predicted octanol–water partition coefficient (Wildman–Crippen LogP) is 6.45. The van der Waals surface area contributed by atoms with Crippen molar-refractivity contribution in [3.8, 4) is 0 Å². The van der Waals surface area contributed by atoms with Crippen LogP contribution in [-0.4, -0.2) is 13.2 Å². The molecule has 0 fully saturated rings. The third kappa shape index (κ3) is 5.36. The predicted molar refractivity (Wildman–Crippen MR) is 107 cm³/mol. The number of hydrogen-bond acceptors (Lipinski definition) is 1. The number of aryl methyl sites for hydroxylation is 2. The minimum Gasteiger partial charge on any atom is -0.322 e. The van der Waals surface area contributed by atoms with Gasteiger partial charge in [0.05, 0.1) is 6.61 Å². The normalized spacial score (nSPS) is 19.3. The zero-order valence-electron chi connectivity index (χ0n) is 15.7. The van der Waals surface area contributed by atoms with Gasteiger partial charge in [0.2, 0.25) is 0 Å². The molecule has 0 amide bonds. The maximum Gasteiger partial charge on any atom is 0.345 e. The van der Waals surface area contributed by atoms with E-state index < -0.39 is 12.0 Å². The fourth-order valence-corrected chi connectivity index (χ4v) is 3.49. The first-order chi connectivity index (χ1) is 13.1. The lowest BCUT2D eigenvalue weighted by molar-refractivity contribution is -0.147. The number of allylic oxidation sites excluding steroid dienone is 3. The van der Waals surface area contributed by atoms with Crippen LogP contribution in [0, 0.1) is 5.41 Å². The van der Waals surface area contributed by atoms with E-state index in [-0.39, 0.29) is 6.61 Å². The molecule has 1 nitrogen and oxygen atoms in total. The molecule has 0 saturated heterocycles. The van der Waals surface area contributed by atoms with Crippen molar-refractivity contribution in [2.24, 2.45) is 5.41 Å². The first-order valence-electron chi connectivity index (χ1n) is 9.53. The highest BCUT2D eigenvalue weighted by Crippen LogP contribution is 2.38. The molecule has 0 aromatic heterocycles. The monoisotopic (exact) mass is 368 g/mol. The van der Waals surface area contributed by atoms with Gasteiger partial charge in [0, 0.05) is 5.41 Å². The lowest BCUT2D eigenvalue weighted by Crippen LogP contribution is -2.28. The van der Waals surface area contributed by atoms with Crippen LogP contribution in [-0.2, 0) is 17.6 Å². The Hall–Kier alpha value is -2.26. The highest BCUT2D eigenvalue weighted by molar-refractivity contribution is 5.75. The van der Waals surface area contributed by atoms with E-state index in [1.807, 2.05) is 24.3 Å². The zero-order chi connectivity index (χ0) is 19.1. The van der Waals surface area contributed by atoms with Crippen molar-refractivity contribution in [1.29, 1.82) is 0 Å². The van der Waals surface area contributed by atoms with E-state index >= 15 is 0 Å². The van der Waals surface area contributed by atoms with E-state index in [2.05, 4.69) is 55.5 Å². The molecule has 3 rings (SSSR count). The van der Waals surface area contributed by atoms with Crippen LogP contribution in [0.1, 0.15) is 36.5 Å². The summed E-state index contributed by atoms with van der Waals surface area (Å²) in [6.07, 6.45) is 9.60. The van der Waals surface area contributed by atoms with Crippen LogP contribution in [0.25, 0.3) is 5.57 Å². The topological polar surface area (TPSA) is 9.23 Å². The number of benzene rings is 2. The summed E-state index contributed by atoms with van der Waals surface area (Å²) in [4.78, 5) is 0. The summed E-state index contributed by atoms with van der Waals surface area (Å²) in [6.45, 7) is -0.569. The van der Waals surface area contributed by atoms with Crippen molar-refractivity contribution in [2.45, 2.75) is 39.2 Å². The molecule has 27 heavy (non-hydrogen) atoms. The number of alkyl halides is 2. The maximum atomic E-state index is 12.7. The van der Waals surface area contributed by atoms with Crippen LogP contribution in [0.3, 0.4) is 0 Å². The smallest absolute Gasteiger partial charge is 0.322 e. The fraction of sp³-hybridized carbons (Fsp3) is 0.333. The first kappa shape index (κ1) is 19.5. The molecule has 2 aromatic carbocycles. The largest absolute Gasteiger partial charge is 0.345 e. The van der Waals surface area contributed by atoms with Crippen molar-refractivity contribution in [3.05, 3.63) is 89.5 Å².